The second kappa shape index (κ2) is 13.1. The van der Waals surface area contributed by atoms with Crippen molar-refractivity contribution in [1.29, 1.82) is 0 Å². The van der Waals surface area contributed by atoms with Gasteiger partial charge >= 0.3 is 0 Å². The van der Waals surface area contributed by atoms with Crippen molar-refractivity contribution in [2.24, 2.45) is 0 Å². The molecule has 0 spiro atoms. The van der Waals surface area contributed by atoms with Crippen LogP contribution in [0.5, 0.6) is 0 Å². The number of hydrogen-bond donors (Lipinski definition) is 0. The predicted molar refractivity (Wildman–Crippen MR) is 241 cm³/mol. The molecule has 0 aliphatic carbocycles. The molecule has 0 atom stereocenters. The molecule has 0 saturated heterocycles. The van der Waals surface area contributed by atoms with Crippen molar-refractivity contribution in [1.82, 2.24) is 0 Å². The molecular formula is C52H33NS2. The van der Waals surface area contributed by atoms with Gasteiger partial charge in [-0.15, -0.1) is 22.7 Å². The van der Waals surface area contributed by atoms with Gasteiger partial charge in [0.2, 0.25) is 0 Å². The summed E-state index contributed by atoms with van der Waals surface area (Å²) in [5.41, 5.74) is 10.6. The smallest absolute Gasteiger partial charge is 0.0555 e. The van der Waals surface area contributed by atoms with Gasteiger partial charge in [0.1, 0.15) is 0 Å². The van der Waals surface area contributed by atoms with Crippen LogP contribution < -0.4 is 4.90 Å². The van der Waals surface area contributed by atoms with E-state index in [-0.39, 0.29) is 0 Å². The summed E-state index contributed by atoms with van der Waals surface area (Å²) >= 11 is 3.73. The van der Waals surface area contributed by atoms with Gasteiger partial charge in [-0.25, -0.2) is 0 Å². The summed E-state index contributed by atoms with van der Waals surface area (Å²) in [6.07, 6.45) is 0. The summed E-state index contributed by atoms with van der Waals surface area (Å²) in [7, 11) is 0. The SMILES string of the molecule is c1ccc(-c2cccc(N(c3ccc(-c4ccc5ccccc5c4)cc3)c3cccc4sc5ccccc5c34)c2-c2ccc3sc4ccccc4c3c2)cc1. The van der Waals surface area contributed by atoms with Crippen molar-refractivity contribution in [2.45, 2.75) is 0 Å². The van der Waals surface area contributed by atoms with Crippen LogP contribution in [0, 0.1) is 0 Å². The second-order valence-corrected chi connectivity index (χ2v) is 16.2. The summed E-state index contributed by atoms with van der Waals surface area (Å²) < 4.78 is 5.20. The molecule has 0 amide bonds. The first-order valence-electron chi connectivity index (χ1n) is 18.7. The van der Waals surface area contributed by atoms with Gasteiger partial charge in [-0.05, 0) is 99.3 Å². The van der Waals surface area contributed by atoms with E-state index in [2.05, 4.69) is 205 Å². The summed E-state index contributed by atoms with van der Waals surface area (Å²) in [4.78, 5) is 2.50. The Kier molecular flexibility index (Phi) is 7.61. The van der Waals surface area contributed by atoms with Crippen molar-refractivity contribution in [3.05, 3.63) is 200 Å². The first-order chi connectivity index (χ1) is 27.3. The van der Waals surface area contributed by atoms with Gasteiger partial charge in [0, 0.05) is 51.6 Å². The van der Waals surface area contributed by atoms with Gasteiger partial charge in [-0.2, -0.15) is 0 Å². The molecule has 2 aromatic heterocycles. The lowest BCUT2D eigenvalue weighted by molar-refractivity contribution is 1.30. The number of rotatable bonds is 6. The topological polar surface area (TPSA) is 3.24 Å². The number of nitrogens with zero attached hydrogens (tertiary/aromatic N) is 1. The molecule has 55 heavy (non-hydrogen) atoms. The van der Waals surface area contributed by atoms with E-state index in [9.17, 15) is 0 Å². The molecule has 9 aromatic carbocycles. The van der Waals surface area contributed by atoms with Crippen molar-refractivity contribution < 1.29 is 0 Å². The number of hydrogen-bond acceptors (Lipinski definition) is 3. The highest BCUT2D eigenvalue weighted by molar-refractivity contribution is 7.26. The minimum atomic E-state index is 1.11. The molecule has 0 N–H and O–H groups in total. The summed E-state index contributed by atoms with van der Waals surface area (Å²) in [5, 5.41) is 7.66. The number of benzene rings is 9. The monoisotopic (exact) mass is 735 g/mol. The molecule has 0 saturated carbocycles. The molecule has 11 rings (SSSR count). The lowest BCUT2D eigenvalue weighted by Gasteiger charge is -2.30. The maximum atomic E-state index is 2.50. The van der Waals surface area contributed by atoms with E-state index in [1.807, 2.05) is 22.7 Å². The molecule has 0 unspecified atom stereocenters. The van der Waals surface area contributed by atoms with Crippen LogP contribution in [-0.2, 0) is 0 Å². The Hall–Kier alpha value is -6.52. The largest absolute Gasteiger partial charge is 0.309 e. The quantitative estimate of drug-likeness (QED) is 0.164. The standard InChI is InChI=1S/C52H33NS2/c1-2-13-36(14-3-1)41-18-10-19-45(51(41)39-28-31-49-44(33-39)42-16-6-8-21-47(42)54-49)53(46-20-11-23-50-52(46)43-17-7-9-22-48(43)55-50)40-29-26-35(27-30-40)38-25-24-34-12-4-5-15-37(34)32-38/h1-33H. The molecule has 1 nitrogen and oxygen atoms in total. The molecular weight excluding hydrogens is 703 g/mol. The Balaban J connectivity index is 1.18. The molecule has 0 aliphatic rings. The van der Waals surface area contributed by atoms with Crippen LogP contribution in [0.15, 0.2) is 200 Å². The maximum Gasteiger partial charge on any atom is 0.0555 e. The van der Waals surface area contributed by atoms with E-state index >= 15 is 0 Å². The Bertz CT molecular complexity index is 3210. The van der Waals surface area contributed by atoms with Gasteiger partial charge in [0.25, 0.3) is 0 Å². The van der Waals surface area contributed by atoms with E-state index in [1.165, 1.54) is 90.2 Å². The molecule has 0 fully saturated rings. The number of fused-ring (bicyclic) bond motifs is 7. The van der Waals surface area contributed by atoms with Crippen LogP contribution in [-0.4, -0.2) is 0 Å². The maximum absolute atomic E-state index is 2.50. The molecule has 258 valence electrons. The third-order valence-electron chi connectivity index (χ3n) is 10.9. The third kappa shape index (κ3) is 5.43. The average Bonchev–Trinajstić information content (AvgIpc) is 3.83. The highest BCUT2D eigenvalue weighted by Gasteiger charge is 2.24. The van der Waals surface area contributed by atoms with Gasteiger partial charge in [0.15, 0.2) is 0 Å². The first kappa shape index (κ1) is 32.0. The van der Waals surface area contributed by atoms with Crippen LogP contribution in [0.3, 0.4) is 0 Å². The Morgan fingerprint density at radius 2 is 0.945 bits per heavy atom. The lowest BCUT2D eigenvalue weighted by atomic mass is 9.91. The third-order valence-corrected chi connectivity index (χ3v) is 13.2. The number of thiophene rings is 2. The van der Waals surface area contributed by atoms with Crippen LogP contribution >= 0.6 is 22.7 Å². The average molecular weight is 736 g/mol. The molecule has 11 aromatic rings. The molecule has 3 heteroatoms. The van der Waals surface area contributed by atoms with Gasteiger partial charge < -0.3 is 4.90 Å². The summed E-state index contributed by atoms with van der Waals surface area (Å²) in [6, 6.07) is 73.6. The zero-order valence-electron chi connectivity index (χ0n) is 29.8. The fourth-order valence-corrected chi connectivity index (χ4v) is 10.5. The fraction of sp³-hybridized carbons (Fsp3) is 0. The normalized spacial score (nSPS) is 11.6. The van der Waals surface area contributed by atoms with Gasteiger partial charge in [-0.3, -0.25) is 0 Å². The van der Waals surface area contributed by atoms with Crippen LogP contribution in [0.2, 0.25) is 0 Å². The molecule has 0 radical (unpaired) electrons. The van der Waals surface area contributed by atoms with Crippen molar-refractivity contribution in [3.8, 4) is 33.4 Å². The Morgan fingerprint density at radius 1 is 0.327 bits per heavy atom. The Labute approximate surface area is 327 Å². The van der Waals surface area contributed by atoms with Crippen molar-refractivity contribution in [2.75, 3.05) is 4.90 Å². The first-order valence-corrected chi connectivity index (χ1v) is 20.3. The van der Waals surface area contributed by atoms with E-state index in [1.54, 1.807) is 0 Å². The van der Waals surface area contributed by atoms with Crippen molar-refractivity contribution >= 4 is 90.9 Å². The van der Waals surface area contributed by atoms with E-state index < -0.39 is 0 Å². The van der Waals surface area contributed by atoms with Crippen molar-refractivity contribution in [3.63, 3.8) is 0 Å². The fourth-order valence-electron chi connectivity index (χ4n) is 8.29. The molecule has 0 bridgehead atoms. The van der Waals surface area contributed by atoms with E-state index in [0.29, 0.717) is 0 Å². The highest BCUT2D eigenvalue weighted by Crippen LogP contribution is 2.50. The van der Waals surface area contributed by atoms with E-state index in [0.717, 1.165) is 11.4 Å². The molecule has 0 aliphatic heterocycles. The van der Waals surface area contributed by atoms with Crippen LogP contribution in [0.25, 0.3) is 84.5 Å². The number of anilines is 3. The zero-order valence-corrected chi connectivity index (χ0v) is 31.4. The van der Waals surface area contributed by atoms with E-state index in [4.69, 9.17) is 0 Å². The predicted octanol–water partition coefficient (Wildman–Crippen LogP) is 16.0. The van der Waals surface area contributed by atoms with Crippen LogP contribution in [0.4, 0.5) is 17.1 Å². The molecule has 2 heterocycles. The minimum absolute atomic E-state index is 1.11. The van der Waals surface area contributed by atoms with Gasteiger partial charge in [-0.1, -0.05) is 140 Å². The minimum Gasteiger partial charge on any atom is -0.309 e. The van der Waals surface area contributed by atoms with Gasteiger partial charge in [0.05, 0.1) is 11.4 Å². The lowest BCUT2D eigenvalue weighted by Crippen LogP contribution is -2.12. The summed E-state index contributed by atoms with van der Waals surface area (Å²) in [5.74, 6) is 0. The summed E-state index contributed by atoms with van der Waals surface area (Å²) in [6.45, 7) is 0. The van der Waals surface area contributed by atoms with Crippen LogP contribution in [0.1, 0.15) is 0 Å². The zero-order chi connectivity index (χ0) is 36.3. The highest BCUT2D eigenvalue weighted by atomic mass is 32.1. The second-order valence-electron chi connectivity index (χ2n) is 14.1. The Morgan fingerprint density at radius 3 is 1.80 bits per heavy atom.